The third kappa shape index (κ3) is 5.12. The summed E-state index contributed by atoms with van der Waals surface area (Å²) in [6.07, 6.45) is 0.208. The van der Waals surface area contributed by atoms with E-state index >= 15 is 0 Å². The maximum absolute atomic E-state index is 11.9. The molecule has 0 radical (unpaired) electrons. The molecule has 0 bridgehead atoms. The first-order chi connectivity index (χ1) is 11.5. The van der Waals surface area contributed by atoms with Gasteiger partial charge in [0.05, 0.1) is 6.42 Å². The van der Waals surface area contributed by atoms with Crippen molar-refractivity contribution >= 4 is 11.8 Å². The van der Waals surface area contributed by atoms with Crippen molar-refractivity contribution in [2.45, 2.75) is 27.2 Å². The molecule has 0 aliphatic carbocycles. The number of nitrogens with one attached hydrogen (secondary N) is 2. The van der Waals surface area contributed by atoms with Crippen LogP contribution in [0.1, 0.15) is 22.3 Å². The average molecular weight is 326 g/mol. The van der Waals surface area contributed by atoms with Gasteiger partial charge in [0.1, 0.15) is 5.75 Å². The van der Waals surface area contributed by atoms with Crippen LogP contribution in [0.4, 0.5) is 0 Å². The Labute approximate surface area is 142 Å². The van der Waals surface area contributed by atoms with Crippen LogP contribution in [0.2, 0.25) is 0 Å². The van der Waals surface area contributed by atoms with Gasteiger partial charge in [-0.2, -0.15) is 0 Å². The molecular formula is C19H22N2O3. The van der Waals surface area contributed by atoms with Crippen molar-refractivity contribution in [1.82, 2.24) is 10.9 Å². The molecule has 0 unspecified atom stereocenters. The summed E-state index contributed by atoms with van der Waals surface area (Å²) in [5, 5.41) is 0. The fourth-order valence-corrected chi connectivity index (χ4v) is 2.18. The van der Waals surface area contributed by atoms with Gasteiger partial charge in [0, 0.05) is 0 Å². The molecule has 0 fully saturated rings. The van der Waals surface area contributed by atoms with E-state index < -0.39 is 5.91 Å². The average Bonchev–Trinajstić information content (AvgIpc) is 2.55. The lowest BCUT2D eigenvalue weighted by Crippen LogP contribution is -2.44. The second kappa shape index (κ2) is 8.15. The Morgan fingerprint density at radius 3 is 2.29 bits per heavy atom. The highest BCUT2D eigenvalue weighted by atomic mass is 16.5. The molecule has 2 amide bonds. The van der Waals surface area contributed by atoms with Gasteiger partial charge >= 0.3 is 0 Å². The molecule has 5 heteroatoms. The van der Waals surface area contributed by atoms with Crippen LogP contribution in [0.3, 0.4) is 0 Å². The van der Waals surface area contributed by atoms with Crippen LogP contribution in [0.15, 0.2) is 42.5 Å². The van der Waals surface area contributed by atoms with E-state index in [1.807, 2.05) is 57.2 Å². The van der Waals surface area contributed by atoms with E-state index in [-0.39, 0.29) is 18.9 Å². The van der Waals surface area contributed by atoms with Gasteiger partial charge in [0.15, 0.2) is 6.61 Å². The number of rotatable bonds is 5. The molecule has 0 aliphatic heterocycles. The van der Waals surface area contributed by atoms with E-state index in [9.17, 15) is 9.59 Å². The van der Waals surface area contributed by atoms with Gasteiger partial charge in [-0.05, 0) is 49.1 Å². The quantitative estimate of drug-likeness (QED) is 0.829. The second-order valence-electron chi connectivity index (χ2n) is 5.75. The predicted octanol–water partition coefficient (Wildman–Crippen LogP) is 2.38. The molecule has 0 atom stereocenters. The third-order valence-corrected chi connectivity index (χ3v) is 3.73. The van der Waals surface area contributed by atoms with E-state index in [0.29, 0.717) is 5.75 Å². The summed E-state index contributed by atoms with van der Waals surface area (Å²) in [6.45, 7) is 5.77. The smallest absolute Gasteiger partial charge is 0.276 e. The molecule has 2 aromatic rings. The van der Waals surface area contributed by atoms with Crippen molar-refractivity contribution in [2.75, 3.05) is 6.61 Å². The molecule has 0 saturated carbocycles. The van der Waals surface area contributed by atoms with Crippen LogP contribution in [0, 0.1) is 20.8 Å². The largest absolute Gasteiger partial charge is 0.483 e. The summed E-state index contributed by atoms with van der Waals surface area (Å²) < 4.78 is 5.41. The van der Waals surface area contributed by atoms with Gasteiger partial charge in [-0.1, -0.05) is 36.4 Å². The Morgan fingerprint density at radius 1 is 0.875 bits per heavy atom. The molecule has 24 heavy (non-hydrogen) atoms. The molecule has 0 aromatic heterocycles. The lowest BCUT2D eigenvalue weighted by molar-refractivity contribution is -0.129. The first-order valence-electron chi connectivity index (χ1n) is 7.78. The van der Waals surface area contributed by atoms with E-state index in [4.69, 9.17) is 4.74 Å². The molecule has 0 heterocycles. The Morgan fingerprint density at radius 2 is 1.58 bits per heavy atom. The molecule has 2 N–H and O–H groups in total. The number of ether oxygens (including phenoxy) is 1. The van der Waals surface area contributed by atoms with E-state index in [1.54, 1.807) is 6.07 Å². The molecule has 0 saturated heterocycles. The molecule has 2 rings (SSSR count). The van der Waals surface area contributed by atoms with Crippen LogP contribution in [0.5, 0.6) is 5.75 Å². The molecule has 0 spiro atoms. The molecule has 0 aliphatic rings. The first-order valence-corrected chi connectivity index (χ1v) is 7.78. The van der Waals surface area contributed by atoms with Gasteiger partial charge in [-0.3, -0.25) is 20.4 Å². The SMILES string of the molecule is Cc1ccc(CC(=O)NNC(=O)COc2ccccc2C)cc1C. The molecule has 126 valence electrons. The summed E-state index contributed by atoms with van der Waals surface area (Å²) in [4.78, 5) is 23.6. The maximum Gasteiger partial charge on any atom is 0.276 e. The summed E-state index contributed by atoms with van der Waals surface area (Å²) >= 11 is 0. The standard InChI is InChI=1S/C19H22N2O3/c1-13-8-9-16(10-15(13)3)11-18(22)20-21-19(23)12-24-17-7-5-4-6-14(17)2/h4-10H,11-12H2,1-3H3,(H,20,22)(H,21,23). The molecule has 2 aromatic carbocycles. The Balaban J connectivity index is 1.76. The van der Waals surface area contributed by atoms with Crippen molar-refractivity contribution in [3.8, 4) is 5.75 Å². The number of benzene rings is 2. The highest BCUT2D eigenvalue weighted by molar-refractivity contribution is 5.83. The van der Waals surface area contributed by atoms with E-state index in [0.717, 1.165) is 16.7 Å². The fraction of sp³-hybridized carbons (Fsp3) is 0.263. The minimum Gasteiger partial charge on any atom is -0.483 e. The van der Waals surface area contributed by atoms with Gasteiger partial charge in [-0.15, -0.1) is 0 Å². The summed E-state index contributed by atoms with van der Waals surface area (Å²) in [5.74, 6) is -0.0386. The van der Waals surface area contributed by atoms with Crippen molar-refractivity contribution in [1.29, 1.82) is 0 Å². The number of carbonyl (C=O) groups is 2. The monoisotopic (exact) mass is 326 g/mol. The number of hydrogen-bond acceptors (Lipinski definition) is 3. The maximum atomic E-state index is 11.9. The summed E-state index contributed by atoms with van der Waals surface area (Å²) in [5.41, 5.74) is 8.92. The van der Waals surface area contributed by atoms with Gasteiger partial charge in [0.25, 0.3) is 5.91 Å². The van der Waals surface area contributed by atoms with Crippen molar-refractivity contribution in [3.05, 3.63) is 64.7 Å². The highest BCUT2D eigenvalue weighted by Crippen LogP contribution is 2.15. The zero-order chi connectivity index (χ0) is 17.5. The number of aryl methyl sites for hydroxylation is 3. The Hall–Kier alpha value is -2.82. The van der Waals surface area contributed by atoms with Gasteiger partial charge in [-0.25, -0.2) is 0 Å². The lowest BCUT2D eigenvalue weighted by atomic mass is 10.0. The minimum absolute atomic E-state index is 0.158. The third-order valence-electron chi connectivity index (χ3n) is 3.73. The van der Waals surface area contributed by atoms with Crippen LogP contribution in [0.25, 0.3) is 0 Å². The van der Waals surface area contributed by atoms with Gasteiger partial charge < -0.3 is 4.74 Å². The normalized spacial score (nSPS) is 10.1. The number of hydrazine groups is 1. The number of amides is 2. The zero-order valence-corrected chi connectivity index (χ0v) is 14.2. The van der Waals surface area contributed by atoms with Crippen LogP contribution in [-0.2, 0) is 16.0 Å². The second-order valence-corrected chi connectivity index (χ2v) is 5.75. The first kappa shape index (κ1) is 17.5. The van der Waals surface area contributed by atoms with Crippen LogP contribution >= 0.6 is 0 Å². The summed E-state index contributed by atoms with van der Waals surface area (Å²) in [6, 6.07) is 13.3. The zero-order valence-electron chi connectivity index (χ0n) is 14.2. The number of para-hydroxylation sites is 1. The summed E-state index contributed by atoms with van der Waals surface area (Å²) in [7, 11) is 0. The molecular weight excluding hydrogens is 304 g/mol. The van der Waals surface area contributed by atoms with E-state index in [1.165, 1.54) is 5.56 Å². The minimum atomic E-state index is -0.410. The Kier molecular flexibility index (Phi) is 5.95. The topological polar surface area (TPSA) is 67.4 Å². The van der Waals surface area contributed by atoms with E-state index in [2.05, 4.69) is 10.9 Å². The fourth-order valence-electron chi connectivity index (χ4n) is 2.18. The van der Waals surface area contributed by atoms with Crippen LogP contribution in [-0.4, -0.2) is 18.4 Å². The van der Waals surface area contributed by atoms with Crippen molar-refractivity contribution in [2.24, 2.45) is 0 Å². The van der Waals surface area contributed by atoms with Gasteiger partial charge in [0.2, 0.25) is 5.91 Å². The van der Waals surface area contributed by atoms with Crippen molar-refractivity contribution in [3.63, 3.8) is 0 Å². The number of hydrogen-bond donors (Lipinski definition) is 2. The molecule has 5 nitrogen and oxygen atoms in total. The van der Waals surface area contributed by atoms with Crippen molar-refractivity contribution < 1.29 is 14.3 Å². The number of carbonyl (C=O) groups excluding carboxylic acids is 2. The lowest BCUT2D eigenvalue weighted by Gasteiger charge is -2.10. The Bertz CT molecular complexity index is 741. The highest BCUT2D eigenvalue weighted by Gasteiger charge is 2.08. The predicted molar refractivity (Wildman–Crippen MR) is 92.6 cm³/mol. The van der Waals surface area contributed by atoms with Crippen LogP contribution < -0.4 is 15.6 Å².